The number of ketones is 1. The molecule has 1 rings (SSSR count). The molecule has 0 saturated heterocycles. The molecule has 0 fully saturated rings. The predicted molar refractivity (Wildman–Crippen MR) is 67.5 cm³/mol. The highest BCUT2D eigenvalue weighted by molar-refractivity contribution is 9.12. The number of hydrogen-bond acceptors (Lipinski definition) is 3. The maximum atomic E-state index is 13.0. The van der Waals surface area contributed by atoms with Gasteiger partial charge in [0, 0.05) is 11.8 Å². The van der Waals surface area contributed by atoms with Gasteiger partial charge in [-0.05, 0) is 18.6 Å². The number of alkyl halides is 1. The molecule has 0 saturated carbocycles. The lowest BCUT2D eigenvalue weighted by Crippen LogP contribution is -2.39. The van der Waals surface area contributed by atoms with Crippen molar-refractivity contribution in [2.75, 3.05) is 6.26 Å². The Labute approximate surface area is 108 Å². The van der Waals surface area contributed by atoms with Gasteiger partial charge in [0.25, 0.3) is 0 Å². The van der Waals surface area contributed by atoms with E-state index >= 15 is 0 Å². The Balaban J connectivity index is 3.29. The Hall–Kier alpha value is -0.750. The van der Waals surface area contributed by atoms with Gasteiger partial charge in [-0.25, -0.2) is 12.8 Å². The molecule has 1 unspecified atom stereocenters. The summed E-state index contributed by atoms with van der Waals surface area (Å²) in [7, 11) is -3.63. The van der Waals surface area contributed by atoms with Crippen LogP contribution < -0.4 is 0 Å². The van der Waals surface area contributed by atoms with E-state index in [-0.39, 0.29) is 12.0 Å². The van der Waals surface area contributed by atoms with E-state index < -0.39 is 25.1 Å². The van der Waals surface area contributed by atoms with Crippen LogP contribution in [0.2, 0.25) is 0 Å². The van der Waals surface area contributed by atoms with E-state index in [4.69, 9.17) is 0 Å². The SMILES string of the molecule is CCC(Br)(C(=O)c1cccc(F)c1)S(C)(=O)=O. The summed E-state index contributed by atoms with van der Waals surface area (Å²) in [5, 5.41) is 0. The van der Waals surface area contributed by atoms with Crippen molar-refractivity contribution >= 4 is 31.6 Å². The molecular formula is C11H12BrFO3S. The molecule has 0 radical (unpaired) electrons. The molecule has 0 aliphatic carbocycles. The monoisotopic (exact) mass is 322 g/mol. The first kappa shape index (κ1) is 14.3. The lowest BCUT2D eigenvalue weighted by atomic mass is 10.1. The highest BCUT2D eigenvalue weighted by atomic mass is 79.9. The summed E-state index contributed by atoms with van der Waals surface area (Å²) in [4.78, 5) is 12.1. The minimum atomic E-state index is -3.63. The molecule has 0 spiro atoms. The van der Waals surface area contributed by atoms with Crippen molar-refractivity contribution in [2.24, 2.45) is 0 Å². The fourth-order valence-electron chi connectivity index (χ4n) is 1.44. The van der Waals surface area contributed by atoms with Crippen LogP contribution in [0.3, 0.4) is 0 Å². The van der Waals surface area contributed by atoms with Crippen molar-refractivity contribution in [3.8, 4) is 0 Å². The Morgan fingerprint density at radius 1 is 1.47 bits per heavy atom. The molecule has 0 amide bonds. The van der Waals surface area contributed by atoms with Crippen LogP contribution in [0.1, 0.15) is 23.7 Å². The second kappa shape index (κ2) is 4.86. The molecule has 3 nitrogen and oxygen atoms in total. The van der Waals surface area contributed by atoms with Gasteiger partial charge >= 0.3 is 0 Å². The molecule has 6 heteroatoms. The molecule has 0 N–H and O–H groups in total. The van der Waals surface area contributed by atoms with Crippen LogP contribution in [-0.4, -0.2) is 24.1 Å². The summed E-state index contributed by atoms with van der Waals surface area (Å²) >= 11 is 2.97. The minimum absolute atomic E-state index is 0.0363. The highest BCUT2D eigenvalue weighted by Crippen LogP contribution is 2.32. The zero-order valence-electron chi connectivity index (χ0n) is 9.41. The summed E-state index contributed by atoms with van der Waals surface area (Å²) in [6.45, 7) is 1.58. The Kier molecular flexibility index (Phi) is 4.09. The number of Topliss-reactive ketones (excluding diaryl/α,β-unsaturated/α-hetero) is 1. The number of halogens is 2. The average molecular weight is 323 g/mol. The van der Waals surface area contributed by atoms with Gasteiger partial charge in [0.05, 0.1) is 0 Å². The van der Waals surface area contributed by atoms with Crippen molar-refractivity contribution in [3.63, 3.8) is 0 Å². The van der Waals surface area contributed by atoms with Crippen molar-refractivity contribution in [1.82, 2.24) is 0 Å². The quantitative estimate of drug-likeness (QED) is 0.632. The Morgan fingerprint density at radius 3 is 2.47 bits per heavy atom. The molecule has 0 aliphatic rings. The van der Waals surface area contributed by atoms with E-state index in [1.807, 2.05) is 0 Å². The van der Waals surface area contributed by atoms with Crippen LogP contribution in [0, 0.1) is 5.82 Å². The summed E-state index contributed by atoms with van der Waals surface area (Å²) in [5.74, 6) is -1.22. The number of carbonyl (C=O) groups excluding carboxylic acids is 1. The number of carbonyl (C=O) groups is 1. The molecule has 0 bridgehead atoms. The second-order valence-electron chi connectivity index (χ2n) is 3.69. The molecule has 0 aliphatic heterocycles. The van der Waals surface area contributed by atoms with Crippen LogP contribution in [0.4, 0.5) is 4.39 Å². The van der Waals surface area contributed by atoms with E-state index in [1.165, 1.54) is 18.2 Å². The molecule has 1 aromatic rings. The first-order valence-corrected chi connectivity index (χ1v) is 7.59. The summed E-state index contributed by atoms with van der Waals surface area (Å²) in [6, 6.07) is 4.98. The van der Waals surface area contributed by atoms with Gasteiger partial charge in [-0.1, -0.05) is 35.0 Å². The third-order valence-corrected chi connectivity index (χ3v) is 6.80. The average Bonchev–Trinajstić information content (AvgIpc) is 2.25. The molecule has 0 aromatic heterocycles. The second-order valence-corrected chi connectivity index (χ2v) is 7.81. The number of rotatable bonds is 4. The van der Waals surface area contributed by atoms with Gasteiger partial charge in [-0.3, -0.25) is 4.79 Å². The Morgan fingerprint density at radius 2 is 2.06 bits per heavy atom. The molecule has 1 aromatic carbocycles. The van der Waals surface area contributed by atoms with Crippen LogP contribution in [0.15, 0.2) is 24.3 Å². The number of hydrogen-bond donors (Lipinski definition) is 0. The van der Waals surface area contributed by atoms with Crippen molar-refractivity contribution < 1.29 is 17.6 Å². The van der Waals surface area contributed by atoms with E-state index in [2.05, 4.69) is 15.9 Å². The maximum Gasteiger partial charge on any atom is 0.194 e. The van der Waals surface area contributed by atoms with Gasteiger partial charge in [-0.2, -0.15) is 0 Å². The first-order valence-electron chi connectivity index (χ1n) is 4.91. The third kappa shape index (κ3) is 2.74. The van der Waals surface area contributed by atoms with E-state index in [1.54, 1.807) is 6.92 Å². The predicted octanol–water partition coefficient (Wildman–Crippen LogP) is 2.55. The number of sulfone groups is 1. The van der Waals surface area contributed by atoms with Crippen molar-refractivity contribution in [2.45, 2.75) is 17.0 Å². The molecule has 0 heterocycles. The van der Waals surface area contributed by atoms with Crippen LogP contribution >= 0.6 is 15.9 Å². The minimum Gasteiger partial charge on any atom is -0.291 e. The standard InChI is InChI=1S/C11H12BrFO3S/c1-3-11(12,17(2,15)16)10(14)8-5-4-6-9(13)7-8/h4-7H,3H2,1-2H3. The molecular weight excluding hydrogens is 311 g/mol. The largest absolute Gasteiger partial charge is 0.291 e. The summed E-state index contributed by atoms with van der Waals surface area (Å²) in [5.41, 5.74) is 0.0363. The van der Waals surface area contributed by atoms with E-state index in [9.17, 15) is 17.6 Å². The van der Waals surface area contributed by atoms with Gasteiger partial charge in [0.2, 0.25) is 0 Å². The molecule has 94 valence electrons. The molecule has 1 atom stereocenters. The fourth-order valence-corrected chi connectivity index (χ4v) is 2.64. The summed E-state index contributed by atoms with van der Waals surface area (Å²) < 4.78 is 34.6. The summed E-state index contributed by atoms with van der Waals surface area (Å²) in [6.07, 6.45) is 1.05. The van der Waals surface area contributed by atoms with Crippen LogP contribution in [0.25, 0.3) is 0 Å². The van der Waals surface area contributed by atoms with Gasteiger partial charge in [0.15, 0.2) is 19.3 Å². The van der Waals surface area contributed by atoms with Gasteiger partial charge < -0.3 is 0 Å². The molecule has 17 heavy (non-hydrogen) atoms. The van der Waals surface area contributed by atoms with E-state index in [0.29, 0.717) is 0 Å². The highest BCUT2D eigenvalue weighted by Gasteiger charge is 2.44. The lowest BCUT2D eigenvalue weighted by molar-refractivity contribution is 0.0976. The van der Waals surface area contributed by atoms with Crippen LogP contribution in [0.5, 0.6) is 0 Å². The zero-order chi connectivity index (χ0) is 13.3. The van der Waals surface area contributed by atoms with E-state index in [0.717, 1.165) is 12.3 Å². The normalized spacial score (nSPS) is 15.3. The third-order valence-electron chi connectivity index (χ3n) is 2.47. The maximum absolute atomic E-state index is 13.0. The zero-order valence-corrected chi connectivity index (χ0v) is 11.8. The van der Waals surface area contributed by atoms with Gasteiger partial charge in [-0.15, -0.1) is 0 Å². The smallest absolute Gasteiger partial charge is 0.194 e. The van der Waals surface area contributed by atoms with Crippen LogP contribution in [-0.2, 0) is 9.84 Å². The number of benzene rings is 1. The first-order chi connectivity index (χ1) is 7.72. The van der Waals surface area contributed by atoms with Gasteiger partial charge in [0.1, 0.15) is 5.82 Å². The lowest BCUT2D eigenvalue weighted by Gasteiger charge is -2.22. The van der Waals surface area contributed by atoms with Crippen molar-refractivity contribution in [1.29, 1.82) is 0 Å². The Bertz CT molecular complexity index is 541. The fraction of sp³-hybridized carbons (Fsp3) is 0.364. The topological polar surface area (TPSA) is 51.2 Å². The van der Waals surface area contributed by atoms with Crippen molar-refractivity contribution in [3.05, 3.63) is 35.6 Å².